The third kappa shape index (κ3) is 2.92. The van der Waals surface area contributed by atoms with Crippen molar-refractivity contribution >= 4 is 17.4 Å². The molecule has 1 unspecified atom stereocenters. The van der Waals surface area contributed by atoms with Crippen LogP contribution in [0.5, 0.6) is 0 Å². The Labute approximate surface area is 118 Å². The first kappa shape index (κ1) is 12.9. The van der Waals surface area contributed by atoms with E-state index in [-0.39, 0.29) is 12.2 Å². The molecule has 1 aromatic heterocycles. The lowest BCUT2D eigenvalue weighted by Gasteiger charge is -2.32. The zero-order valence-electron chi connectivity index (χ0n) is 11.2. The Kier molecular flexibility index (Phi) is 3.75. The Morgan fingerprint density at radius 2 is 2.21 bits per heavy atom. The van der Waals surface area contributed by atoms with Gasteiger partial charge in [0.25, 0.3) is 0 Å². The Bertz CT molecular complexity index is 427. The topological polar surface area (TPSA) is 32.8 Å². The summed E-state index contributed by atoms with van der Waals surface area (Å²) in [5.41, 5.74) is 1.50. The Morgan fingerprint density at radius 1 is 1.42 bits per heavy atom. The number of likely N-dealkylation sites (tertiary alicyclic amines) is 1. The van der Waals surface area contributed by atoms with E-state index in [0.29, 0.717) is 0 Å². The van der Waals surface area contributed by atoms with Crippen LogP contribution in [0.1, 0.15) is 24.3 Å². The van der Waals surface area contributed by atoms with Gasteiger partial charge in [-0.3, -0.25) is 4.90 Å². The van der Waals surface area contributed by atoms with Gasteiger partial charge >= 0.3 is 6.09 Å². The smallest absolute Gasteiger partial charge is 0.410 e. The Morgan fingerprint density at radius 3 is 2.79 bits per heavy atom. The van der Waals surface area contributed by atoms with Gasteiger partial charge in [0.05, 0.1) is 6.54 Å². The van der Waals surface area contributed by atoms with E-state index in [2.05, 4.69) is 21.7 Å². The van der Waals surface area contributed by atoms with Crippen molar-refractivity contribution in [2.75, 3.05) is 33.2 Å². The van der Waals surface area contributed by atoms with Crippen LogP contribution < -0.4 is 0 Å². The highest BCUT2D eigenvalue weighted by Crippen LogP contribution is 2.29. The number of nitrogens with zero attached hydrogens (tertiary/aromatic N) is 2. The van der Waals surface area contributed by atoms with Crippen molar-refractivity contribution in [3.63, 3.8) is 0 Å². The highest BCUT2D eigenvalue weighted by Gasteiger charge is 2.31. The van der Waals surface area contributed by atoms with Crippen LogP contribution in [0.25, 0.3) is 0 Å². The first-order valence-corrected chi connectivity index (χ1v) is 7.83. The highest BCUT2D eigenvalue weighted by molar-refractivity contribution is 7.07. The normalized spacial score (nSPS) is 25.8. The molecular formula is C14H20N2O2S. The number of hydrogen-bond donors (Lipinski definition) is 0. The maximum atomic E-state index is 11.3. The van der Waals surface area contributed by atoms with Gasteiger partial charge < -0.3 is 9.64 Å². The van der Waals surface area contributed by atoms with Crippen LogP contribution in [0.2, 0.25) is 0 Å². The lowest BCUT2D eigenvalue weighted by molar-refractivity contribution is 0.0965. The maximum absolute atomic E-state index is 11.3. The molecule has 0 radical (unpaired) electrons. The lowest BCUT2D eigenvalue weighted by Crippen LogP contribution is -2.39. The van der Waals surface area contributed by atoms with Gasteiger partial charge in [-0.2, -0.15) is 11.3 Å². The lowest BCUT2D eigenvalue weighted by atomic mass is 9.91. The molecule has 3 heterocycles. The number of hydrogen-bond acceptors (Lipinski definition) is 4. The first-order valence-electron chi connectivity index (χ1n) is 6.88. The van der Waals surface area contributed by atoms with E-state index >= 15 is 0 Å². The van der Waals surface area contributed by atoms with E-state index in [1.54, 1.807) is 23.3 Å². The molecule has 2 aliphatic heterocycles. The molecule has 0 aliphatic carbocycles. The van der Waals surface area contributed by atoms with Crippen LogP contribution in [-0.2, 0) is 4.74 Å². The average Bonchev–Trinajstić information content (AvgIpc) is 3.02. The quantitative estimate of drug-likeness (QED) is 0.852. The molecule has 1 amide bonds. The molecule has 0 N–H and O–H groups in total. The van der Waals surface area contributed by atoms with Gasteiger partial charge in [-0.25, -0.2) is 4.79 Å². The van der Waals surface area contributed by atoms with Crippen molar-refractivity contribution in [1.29, 1.82) is 0 Å². The number of thiophene rings is 1. The van der Waals surface area contributed by atoms with Crippen LogP contribution in [0.4, 0.5) is 4.79 Å². The fraction of sp³-hybridized carbons (Fsp3) is 0.643. The number of likely N-dealkylation sites (N-methyl/N-ethyl adjacent to an activating group) is 1. The van der Waals surface area contributed by atoms with Gasteiger partial charge in [-0.1, -0.05) is 0 Å². The van der Waals surface area contributed by atoms with E-state index in [1.807, 2.05) is 0 Å². The van der Waals surface area contributed by atoms with Gasteiger partial charge in [0, 0.05) is 13.6 Å². The molecule has 19 heavy (non-hydrogen) atoms. The molecule has 0 saturated carbocycles. The summed E-state index contributed by atoms with van der Waals surface area (Å²) < 4.78 is 5.32. The predicted molar refractivity (Wildman–Crippen MR) is 75.6 cm³/mol. The summed E-state index contributed by atoms with van der Waals surface area (Å²) in [6.45, 7) is 3.83. The number of amides is 1. The molecule has 4 nitrogen and oxygen atoms in total. The molecule has 0 spiro atoms. The molecule has 2 fully saturated rings. The summed E-state index contributed by atoms with van der Waals surface area (Å²) in [7, 11) is 1.80. The molecule has 2 aliphatic rings. The molecule has 5 heteroatoms. The summed E-state index contributed by atoms with van der Waals surface area (Å²) >= 11 is 1.78. The zero-order chi connectivity index (χ0) is 13.2. The van der Waals surface area contributed by atoms with Crippen LogP contribution in [-0.4, -0.2) is 55.2 Å². The van der Waals surface area contributed by atoms with E-state index in [1.165, 1.54) is 18.4 Å². The monoisotopic (exact) mass is 280 g/mol. The maximum Gasteiger partial charge on any atom is 0.410 e. The third-order valence-corrected chi connectivity index (χ3v) is 4.82. The van der Waals surface area contributed by atoms with Crippen LogP contribution in [0.3, 0.4) is 0 Å². The minimum absolute atomic E-state index is 0.0511. The van der Waals surface area contributed by atoms with Crippen LogP contribution in [0, 0.1) is 0 Å². The number of carbonyl (C=O) groups excluding carboxylic acids is 1. The molecule has 0 aromatic carbocycles. The van der Waals surface area contributed by atoms with Crippen LogP contribution >= 0.6 is 11.3 Å². The van der Waals surface area contributed by atoms with Crippen molar-refractivity contribution in [2.24, 2.45) is 0 Å². The standard InChI is InChI=1S/C14H20N2O2S/c1-15-8-13(18-14(15)17)9-16-5-2-11(3-6-16)12-4-7-19-10-12/h4,7,10-11,13H,2-3,5-6,8-9H2,1H3. The molecule has 104 valence electrons. The Balaban J connectivity index is 1.47. The second-order valence-corrected chi connectivity index (χ2v) is 6.30. The molecule has 2 saturated heterocycles. The van der Waals surface area contributed by atoms with E-state index < -0.39 is 0 Å². The van der Waals surface area contributed by atoms with Crippen LogP contribution in [0.15, 0.2) is 16.8 Å². The first-order chi connectivity index (χ1) is 9.22. The second kappa shape index (κ2) is 5.51. The number of piperidine rings is 1. The minimum atomic E-state index is -0.182. The molecule has 1 atom stereocenters. The molecule has 1 aromatic rings. The third-order valence-electron chi connectivity index (χ3n) is 4.12. The zero-order valence-corrected chi connectivity index (χ0v) is 12.1. The average molecular weight is 280 g/mol. The fourth-order valence-corrected chi connectivity index (χ4v) is 3.73. The summed E-state index contributed by atoms with van der Waals surface area (Å²) in [6, 6.07) is 2.25. The summed E-state index contributed by atoms with van der Waals surface area (Å²) in [5, 5.41) is 4.43. The predicted octanol–water partition coefficient (Wildman–Crippen LogP) is 2.38. The van der Waals surface area contributed by atoms with Gasteiger partial charge in [0.1, 0.15) is 6.10 Å². The number of cyclic esters (lactones) is 1. The van der Waals surface area contributed by atoms with E-state index in [9.17, 15) is 4.79 Å². The number of ether oxygens (including phenoxy) is 1. The summed E-state index contributed by atoms with van der Waals surface area (Å²) in [6.07, 6.45) is 2.30. The molecule has 3 rings (SSSR count). The van der Waals surface area contributed by atoms with E-state index in [0.717, 1.165) is 32.1 Å². The SMILES string of the molecule is CN1CC(CN2CCC(c3ccsc3)CC2)OC1=O. The van der Waals surface area contributed by atoms with Gasteiger partial charge in [-0.05, 0) is 54.2 Å². The van der Waals surface area contributed by atoms with Crippen molar-refractivity contribution in [2.45, 2.75) is 24.9 Å². The fourth-order valence-electron chi connectivity index (χ4n) is 2.99. The van der Waals surface area contributed by atoms with Gasteiger partial charge in [-0.15, -0.1) is 0 Å². The van der Waals surface area contributed by atoms with Crippen molar-refractivity contribution in [3.8, 4) is 0 Å². The molecular weight excluding hydrogens is 260 g/mol. The minimum Gasteiger partial charge on any atom is -0.443 e. The van der Waals surface area contributed by atoms with E-state index in [4.69, 9.17) is 4.74 Å². The summed E-state index contributed by atoms with van der Waals surface area (Å²) in [5.74, 6) is 0.719. The van der Waals surface area contributed by atoms with Gasteiger partial charge in [0.15, 0.2) is 0 Å². The number of rotatable bonds is 3. The number of carbonyl (C=O) groups is 1. The second-order valence-electron chi connectivity index (χ2n) is 5.52. The Hall–Kier alpha value is -1.07. The van der Waals surface area contributed by atoms with Crippen molar-refractivity contribution in [1.82, 2.24) is 9.80 Å². The highest BCUT2D eigenvalue weighted by atomic mass is 32.1. The van der Waals surface area contributed by atoms with Crippen molar-refractivity contribution < 1.29 is 9.53 Å². The largest absolute Gasteiger partial charge is 0.443 e. The molecule has 0 bridgehead atoms. The van der Waals surface area contributed by atoms with Gasteiger partial charge in [0.2, 0.25) is 0 Å². The van der Waals surface area contributed by atoms with Crippen molar-refractivity contribution in [3.05, 3.63) is 22.4 Å². The summed E-state index contributed by atoms with van der Waals surface area (Å²) in [4.78, 5) is 15.4.